The first kappa shape index (κ1) is 13.3. The van der Waals surface area contributed by atoms with Crippen LogP contribution in [0.25, 0.3) is 0 Å². The van der Waals surface area contributed by atoms with Gasteiger partial charge < -0.3 is 15.3 Å². The minimum Gasteiger partial charge on any atom is -0.389 e. The van der Waals surface area contributed by atoms with E-state index in [4.69, 9.17) is 0 Å². The molecule has 2 rings (SSSR count). The highest BCUT2D eigenvalue weighted by Gasteiger charge is 2.34. The van der Waals surface area contributed by atoms with E-state index in [-0.39, 0.29) is 5.60 Å². The van der Waals surface area contributed by atoms with Gasteiger partial charge in [0.25, 0.3) is 0 Å². The summed E-state index contributed by atoms with van der Waals surface area (Å²) in [6.45, 7) is 0.877. The quantitative estimate of drug-likeness (QED) is 0.786. The zero-order chi connectivity index (χ0) is 12.3. The number of nitrogens with zero attached hydrogens (tertiary/aromatic N) is 1. The van der Waals surface area contributed by atoms with E-state index < -0.39 is 0 Å². The zero-order valence-corrected chi connectivity index (χ0v) is 11.4. The molecule has 0 aromatic heterocycles. The van der Waals surface area contributed by atoms with E-state index in [0.29, 0.717) is 12.1 Å². The average Bonchev–Trinajstić information content (AvgIpc) is 2.76. The molecular weight excluding hydrogens is 212 g/mol. The first-order valence-electron chi connectivity index (χ1n) is 7.23. The normalized spacial score (nSPS) is 33.2. The maximum atomic E-state index is 10.4. The third kappa shape index (κ3) is 3.43. The van der Waals surface area contributed by atoms with Crippen molar-refractivity contribution in [1.29, 1.82) is 0 Å². The van der Waals surface area contributed by atoms with Crippen LogP contribution in [-0.2, 0) is 0 Å². The van der Waals surface area contributed by atoms with Crippen molar-refractivity contribution in [1.82, 2.24) is 10.2 Å². The minimum atomic E-state index is -0.380. The van der Waals surface area contributed by atoms with Crippen molar-refractivity contribution in [3.63, 3.8) is 0 Å². The Hall–Kier alpha value is -0.120. The zero-order valence-electron chi connectivity index (χ0n) is 11.4. The van der Waals surface area contributed by atoms with Gasteiger partial charge >= 0.3 is 0 Å². The van der Waals surface area contributed by atoms with Crippen LogP contribution in [0.1, 0.15) is 51.4 Å². The lowest BCUT2D eigenvalue weighted by Crippen LogP contribution is -2.46. The average molecular weight is 240 g/mol. The van der Waals surface area contributed by atoms with Gasteiger partial charge in [0.15, 0.2) is 0 Å². The molecular formula is C14H28N2O. The fourth-order valence-corrected chi connectivity index (χ4v) is 3.59. The molecule has 3 heteroatoms. The topological polar surface area (TPSA) is 35.5 Å². The van der Waals surface area contributed by atoms with Crippen molar-refractivity contribution < 1.29 is 5.11 Å². The first-order valence-corrected chi connectivity index (χ1v) is 7.23. The Morgan fingerprint density at radius 3 is 2.29 bits per heavy atom. The summed E-state index contributed by atoms with van der Waals surface area (Å²) in [4.78, 5) is 2.41. The van der Waals surface area contributed by atoms with Crippen LogP contribution < -0.4 is 5.32 Å². The van der Waals surface area contributed by atoms with Crippen molar-refractivity contribution in [3.8, 4) is 0 Å². The van der Waals surface area contributed by atoms with Gasteiger partial charge in [-0.25, -0.2) is 0 Å². The fraction of sp³-hybridized carbons (Fsp3) is 1.00. The van der Waals surface area contributed by atoms with Gasteiger partial charge in [0.2, 0.25) is 0 Å². The second kappa shape index (κ2) is 5.68. The molecule has 100 valence electrons. The van der Waals surface area contributed by atoms with E-state index in [1.54, 1.807) is 0 Å². The van der Waals surface area contributed by atoms with Gasteiger partial charge in [-0.05, 0) is 52.6 Å². The van der Waals surface area contributed by atoms with Crippen LogP contribution in [0.15, 0.2) is 0 Å². The Labute approximate surface area is 106 Å². The number of likely N-dealkylation sites (N-methyl/N-ethyl adjacent to an activating group) is 1. The van der Waals surface area contributed by atoms with E-state index in [0.717, 1.165) is 19.4 Å². The summed E-state index contributed by atoms with van der Waals surface area (Å²) in [6.07, 6.45) is 9.53. The monoisotopic (exact) mass is 240 g/mol. The molecule has 2 aliphatic carbocycles. The second-order valence-electron chi connectivity index (χ2n) is 6.14. The molecule has 2 fully saturated rings. The molecule has 0 atom stereocenters. The molecule has 0 saturated heterocycles. The van der Waals surface area contributed by atoms with E-state index in [2.05, 4.69) is 24.3 Å². The highest BCUT2D eigenvalue weighted by atomic mass is 16.3. The summed E-state index contributed by atoms with van der Waals surface area (Å²) < 4.78 is 0. The largest absolute Gasteiger partial charge is 0.389 e. The molecule has 0 spiro atoms. The van der Waals surface area contributed by atoms with Crippen LogP contribution in [0.4, 0.5) is 0 Å². The summed E-state index contributed by atoms with van der Waals surface area (Å²) in [7, 11) is 4.26. The predicted octanol–water partition coefficient (Wildman–Crippen LogP) is 1.75. The molecule has 0 radical (unpaired) electrons. The lowest BCUT2D eigenvalue weighted by Gasteiger charge is -2.38. The number of rotatable bonds is 4. The molecule has 2 N–H and O–H groups in total. The third-order valence-electron chi connectivity index (χ3n) is 4.81. The van der Waals surface area contributed by atoms with Gasteiger partial charge in [-0.2, -0.15) is 0 Å². The molecule has 0 heterocycles. The van der Waals surface area contributed by atoms with Crippen molar-refractivity contribution >= 4 is 0 Å². The highest BCUT2D eigenvalue weighted by Crippen LogP contribution is 2.31. The van der Waals surface area contributed by atoms with E-state index in [1.165, 1.54) is 38.5 Å². The van der Waals surface area contributed by atoms with E-state index in [1.807, 2.05) is 0 Å². The van der Waals surface area contributed by atoms with Crippen LogP contribution in [0.3, 0.4) is 0 Å². The van der Waals surface area contributed by atoms with Gasteiger partial charge in [0.1, 0.15) is 0 Å². The molecule has 0 unspecified atom stereocenters. The smallest absolute Gasteiger partial charge is 0.0774 e. The third-order valence-corrected chi connectivity index (χ3v) is 4.81. The van der Waals surface area contributed by atoms with Crippen LogP contribution in [0.2, 0.25) is 0 Å². The van der Waals surface area contributed by atoms with Crippen molar-refractivity contribution in [2.45, 2.75) is 69.1 Å². The Balaban J connectivity index is 1.78. The Kier molecular flexibility index (Phi) is 4.45. The molecule has 2 aliphatic rings. The highest BCUT2D eigenvalue weighted by molar-refractivity contribution is 4.89. The van der Waals surface area contributed by atoms with Gasteiger partial charge in [0.05, 0.1) is 5.60 Å². The number of hydrogen-bond donors (Lipinski definition) is 2. The maximum absolute atomic E-state index is 10.4. The Morgan fingerprint density at radius 1 is 1.18 bits per heavy atom. The summed E-state index contributed by atoms with van der Waals surface area (Å²) in [5.41, 5.74) is -0.380. The second-order valence-corrected chi connectivity index (χ2v) is 6.14. The van der Waals surface area contributed by atoms with E-state index in [9.17, 15) is 5.11 Å². The SMILES string of the molecule is CNC1CCC(N(C)CC2(O)CCCC2)CC1. The summed E-state index contributed by atoms with van der Waals surface area (Å²) >= 11 is 0. The molecule has 0 aromatic rings. The minimum absolute atomic E-state index is 0.380. The summed E-state index contributed by atoms with van der Waals surface area (Å²) in [5, 5.41) is 13.8. The van der Waals surface area contributed by atoms with Crippen molar-refractivity contribution in [2.24, 2.45) is 0 Å². The van der Waals surface area contributed by atoms with Gasteiger partial charge in [-0.3, -0.25) is 0 Å². The van der Waals surface area contributed by atoms with Crippen LogP contribution in [0, 0.1) is 0 Å². The molecule has 17 heavy (non-hydrogen) atoms. The lowest BCUT2D eigenvalue weighted by atomic mass is 9.89. The number of hydrogen-bond acceptors (Lipinski definition) is 3. The Morgan fingerprint density at radius 2 is 1.76 bits per heavy atom. The Bertz CT molecular complexity index is 230. The molecule has 0 bridgehead atoms. The summed E-state index contributed by atoms with van der Waals surface area (Å²) in [6, 6.07) is 1.40. The fourth-order valence-electron chi connectivity index (χ4n) is 3.59. The van der Waals surface area contributed by atoms with E-state index >= 15 is 0 Å². The first-order chi connectivity index (χ1) is 8.13. The molecule has 3 nitrogen and oxygen atoms in total. The van der Waals surface area contributed by atoms with Crippen LogP contribution >= 0.6 is 0 Å². The predicted molar refractivity (Wildman–Crippen MR) is 71.2 cm³/mol. The molecule has 0 aliphatic heterocycles. The lowest BCUT2D eigenvalue weighted by molar-refractivity contribution is -0.000202. The number of aliphatic hydroxyl groups is 1. The van der Waals surface area contributed by atoms with Gasteiger partial charge in [-0.1, -0.05) is 12.8 Å². The molecule has 0 aromatic carbocycles. The standard InChI is InChI=1S/C14H28N2O/c1-15-12-5-7-13(8-6-12)16(2)11-14(17)9-3-4-10-14/h12-13,15,17H,3-11H2,1-2H3. The van der Waals surface area contributed by atoms with Crippen molar-refractivity contribution in [3.05, 3.63) is 0 Å². The molecule has 0 amide bonds. The van der Waals surface area contributed by atoms with Crippen LogP contribution in [0.5, 0.6) is 0 Å². The van der Waals surface area contributed by atoms with Crippen LogP contribution in [-0.4, -0.2) is 48.3 Å². The summed E-state index contributed by atoms with van der Waals surface area (Å²) in [5.74, 6) is 0. The number of nitrogens with one attached hydrogen (secondary N) is 1. The van der Waals surface area contributed by atoms with Crippen molar-refractivity contribution in [2.75, 3.05) is 20.6 Å². The van der Waals surface area contributed by atoms with Gasteiger partial charge in [-0.15, -0.1) is 0 Å². The van der Waals surface area contributed by atoms with Gasteiger partial charge in [0, 0.05) is 18.6 Å². The maximum Gasteiger partial charge on any atom is 0.0774 e. The molecule has 2 saturated carbocycles.